The van der Waals surface area contributed by atoms with Crippen molar-refractivity contribution >= 4 is 28.6 Å². The molecule has 0 aliphatic heterocycles. The van der Waals surface area contributed by atoms with Crippen molar-refractivity contribution in [3.63, 3.8) is 0 Å². The largest absolute Gasteiger partial charge is 0.358 e. The molecule has 4 nitrogen and oxygen atoms in total. The minimum absolute atomic E-state index is 0. The van der Waals surface area contributed by atoms with Crippen LogP contribution in [0.3, 0.4) is 0 Å². The molecule has 0 bridgehead atoms. The van der Waals surface area contributed by atoms with Gasteiger partial charge in [0, 0.05) is 33.9 Å². The van der Waals surface area contributed by atoms with Crippen molar-refractivity contribution < 1.29 is 13.6 Å². The molecule has 0 aliphatic carbocycles. The molecule has 0 fully saturated rings. The highest BCUT2D eigenvalue weighted by Crippen LogP contribution is 2.14. The van der Waals surface area contributed by atoms with E-state index < -0.39 is 17.5 Å². The minimum Gasteiger partial charge on any atom is -0.358 e. The van der Waals surface area contributed by atoms with Crippen LogP contribution >= 0.6 is 0 Å². The van der Waals surface area contributed by atoms with E-state index in [4.69, 9.17) is 0 Å². The lowest BCUT2D eigenvalue weighted by molar-refractivity contribution is -0.111. The number of rotatable bonds is 3. The predicted octanol–water partition coefficient (Wildman–Crippen LogP) is 4.40. The maximum absolute atomic E-state index is 13.4. The Labute approximate surface area is 149 Å². The van der Waals surface area contributed by atoms with Crippen LogP contribution in [-0.2, 0) is 4.79 Å². The van der Waals surface area contributed by atoms with Gasteiger partial charge in [0.2, 0.25) is 5.91 Å². The Balaban J connectivity index is 0.00000243. The highest BCUT2D eigenvalue weighted by Gasteiger charge is 2.08. The van der Waals surface area contributed by atoms with Crippen LogP contribution in [0.5, 0.6) is 0 Å². The SMILES string of the molecule is C.Cc1[nH]c2ccc(F)cc2c(=O)c1/C=C/C(=O)Nc1ccc(F)cc1. The minimum atomic E-state index is -0.508. The molecule has 26 heavy (non-hydrogen) atoms. The summed E-state index contributed by atoms with van der Waals surface area (Å²) < 4.78 is 26.2. The molecule has 0 spiro atoms. The summed E-state index contributed by atoms with van der Waals surface area (Å²) in [6.07, 6.45) is 2.57. The molecule has 0 radical (unpaired) electrons. The number of carbonyl (C=O) groups is 1. The molecule has 134 valence electrons. The second-order valence-corrected chi connectivity index (χ2v) is 5.51. The monoisotopic (exact) mass is 356 g/mol. The molecular weight excluding hydrogens is 338 g/mol. The van der Waals surface area contributed by atoms with Crippen molar-refractivity contribution in [3.8, 4) is 0 Å². The Bertz CT molecular complexity index is 1040. The van der Waals surface area contributed by atoms with Gasteiger partial charge in [-0.25, -0.2) is 8.78 Å². The average molecular weight is 356 g/mol. The molecule has 3 aromatic rings. The number of aromatic amines is 1. The third kappa shape index (κ3) is 4.03. The summed E-state index contributed by atoms with van der Waals surface area (Å²) in [7, 11) is 0. The molecule has 1 amide bonds. The number of aryl methyl sites for hydroxylation is 1. The molecule has 0 saturated carbocycles. The average Bonchev–Trinajstić information content (AvgIpc) is 2.57. The quantitative estimate of drug-likeness (QED) is 0.683. The maximum atomic E-state index is 13.4. The molecular formula is C20H18F2N2O2. The summed E-state index contributed by atoms with van der Waals surface area (Å²) in [6, 6.07) is 9.23. The summed E-state index contributed by atoms with van der Waals surface area (Å²) in [5.41, 5.74) is 1.43. The summed E-state index contributed by atoms with van der Waals surface area (Å²) in [4.78, 5) is 27.5. The van der Waals surface area contributed by atoms with Gasteiger partial charge in [0.1, 0.15) is 11.6 Å². The zero-order chi connectivity index (χ0) is 18.0. The van der Waals surface area contributed by atoms with Crippen molar-refractivity contribution in [2.24, 2.45) is 0 Å². The number of aromatic nitrogens is 1. The molecule has 6 heteroatoms. The number of nitrogens with one attached hydrogen (secondary N) is 2. The molecule has 2 N–H and O–H groups in total. The molecule has 1 heterocycles. The van der Waals surface area contributed by atoms with E-state index in [1.165, 1.54) is 48.6 Å². The van der Waals surface area contributed by atoms with E-state index in [0.717, 1.165) is 6.07 Å². The van der Waals surface area contributed by atoms with Crippen LogP contribution in [0.15, 0.2) is 53.3 Å². The highest BCUT2D eigenvalue weighted by molar-refractivity contribution is 6.02. The number of fused-ring (bicyclic) bond motifs is 1. The zero-order valence-corrected chi connectivity index (χ0v) is 13.3. The van der Waals surface area contributed by atoms with Crippen LogP contribution in [0, 0.1) is 18.6 Å². The Hall–Kier alpha value is -3.28. The third-order valence-corrected chi connectivity index (χ3v) is 3.71. The number of carbonyl (C=O) groups excluding carboxylic acids is 1. The van der Waals surface area contributed by atoms with Gasteiger partial charge in [0.15, 0.2) is 5.43 Å². The Kier molecular flexibility index (Phi) is 5.67. The van der Waals surface area contributed by atoms with Gasteiger partial charge in [0.05, 0.1) is 0 Å². The normalized spacial score (nSPS) is 10.7. The van der Waals surface area contributed by atoms with E-state index >= 15 is 0 Å². The van der Waals surface area contributed by atoms with E-state index in [1.807, 2.05) is 0 Å². The lowest BCUT2D eigenvalue weighted by atomic mass is 10.1. The predicted molar refractivity (Wildman–Crippen MR) is 100 cm³/mol. The van der Waals surface area contributed by atoms with Crippen LogP contribution in [0.25, 0.3) is 17.0 Å². The topological polar surface area (TPSA) is 62.0 Å². The molecule has 0 unspecified atom stereocenters. The van der Waals surface area contributed by atoms with Gasteiger partial charge >= 0.3 is 0 Å². The first-order valence-corrected chi connectivity index (χ1v) is 7.51. The zero-order valence-electron chi connectivity index (χ0n) is 13.3. The Morgan fingerprint density at radius 3 is 2.42 bits per heavy atom. The molecule has 1 aromatic heterocycles. The van der Waals surface area contributed by atoms with Crippen molar-refractivity contribution in [1.82, 2.24) is 4.98 Å². The summed E-state index contributed by atoms with van der Waals surface area (Å²) in [5, 5.41) is 2.77. The standard InChI is InChI=1S/C19H14F2N2O2.CH4/c1-11-15(19(25)16-10-13(21)4-8-17(16)22-11)7-9-18(24)23-14-5-2-12(20)3-6-14;/h2-10H,1H3,(H,22,25)(H,23,24);1H4/b9-7+;. The van der Waals surface area contributed by atoms with Gasteiger partial charge in [-0.1, -0.05) is 7.43 Å². The highest BCUT2D eigenvalue weighted by atomic mass is 19.1. The van der Waals surface area contributed by atoms with Gasteiger partial charge in [-0.05, 0) is 55.5 Å². The molecule has 3 rings (SSSR count). The van der Waals surface area contributed by atoms with Crippen LogP contribution in [0.4, 0.5) is 14.5 Å². The fourth-order valence-corrected chi connectivity index (χ4v) is 2.47. The van der Waals surface area contributed by atoms with Gasteiger partial charge in [-0.15, -0.1) is 0 Å². The van der Waals surface area contributed by atoms with E-state index in [0.29, 0.717) is 16.9 Å². The number of amides is 1. The number of anilines is 1. The summed E-state index contributed by atoms with van der Waals surface area (Å²) in [5.74, 6) is -1.38. The van der Waals surface area contributed by atoms with Crippen molar-refractivity contribution in [2.45, 2.75) is 14.4 Å². The molecule has 2 aromatic carbocycles. The molecule has 0 aliphatic rings. The number of H-pyrrole nitrogens is 1. The first-order valence-electron chi connectivity index (χ1n) is 7.51. The van der Waals surface area contributed by atoms with Crippen molar-refractivity contribution in [2.75, 3.05) is 5.32 Å². The van der Waals surface area contributed by atoms with E-state index in [1.54, 1.807) is 6.92 Å². The second-order valence-electron chi connectivity index (χ2n) is 5.51. The van der Waals surface area contributed by atoms with Crippen molar-refractivity contribution in [3.05, 3.63) is 81.7 Å². The van der Waals surface area contributed by atoms with E-state index in [2.05, 4.69) is 10.3 Å². The van der Waals surface area contributed by atoms with Crippen LogP contribution in [-0.4, -0.2) is 10.9 Å². The number of hydrogen-bond donors (Lipinski definition) is 2. The first-order chi connectivity index (χ1) is 11.9. The van der Waals surface area contributed by atoms with Gasteiger partial charge in [-0.2, -0.15) is 0 Å². The van der Waals surface area contributed by atoms with Gasteiger partial charge in [0.25, 0.3) is 0 Å². The first kappa shape index (κ1) is 19.1. The van der Waals surface area contributed by atoms with Crippen molar-refractivity contribution in [1.29, 1.82) is 0 Å². The maximum Gasteiger partial charge on any atom is 0.248 e. The fourth-order valence-electron chi connectivity index (χ4n) is 2.47. The number of pyridine rings is 1. The molecule has 0 atom stereocenters. The lowest BCUT2D eigenvalue weighted by Crippen LogP contribution is -2.12. The second kappa shape index (κ2) is 7.74. The summed E-state index contributed by atoms with van der Waals surface area (Å²) in [6.45, 7) is 1.70. The van der Waals surface area contributed by atoms with Gasteiger partial charge in [-0.3, -0.25) is 9.59 Å². The molecule has 0 saturated heterocycles. The number of hydrogen-bond acceptors (Lipinski definition) is 2. The van der Waals surface area contributed by atoms with Crippen LogP contribution in [0.1, 0.15) is 18.7 Å². The van der Waals surface area contributed by atoms with Crippen LogP contribution in [0.2, 0.25) is 0 Å². The number of halogens is 2. The number of benzene rings is 2. The Morgan fingerprint density at radius 2 is 1.73 bits per heavy atom. The summed E-state index contributed by atoms with van der Waals surface area (Å²) >= 11 is 0. The van der Waals surface area contributed by atoms with Gasteiger partial charge < -0.3 is 10.3 Å². The smallest absolute Gasteiger partial charge is 0.248 e. The lowest BCUT2D eigenvalue weighted by Gasteiger charge is -2.05. The van der Waals surface area contributed by atoms with Crippen LogP contribution < -0.4 is 10.7 Å². The van der Waals surface area contributed by atoms with E-state index in [9.17, 15) is 18.4 Å². The third-order valence-electron chi connectivity index (χ3n) is 3.71. The Morgan fingerprint density at radius 1 is 1.08 bits per heavy atom. The fraction of sp³-hybridized carbons (Fsp3) is 0.100. The van der Waals surface area contributed by atoms with E-state index in [-0.39, 0.29) is 23.8 Å².